The van der Waals surface area contributed by atoms with Crippen molar-refractivity contribution in [3.05, 3.63) is 35.6 Å². The van der Waals surface area contributed by atoms with Crippen molar-refractivity contribution in [1.82, 2.24) is 4.90 Å². The van der Waals surface area contributed by atoms with Crippen molar-refractivity contribution in [2.45, 2.75) is 50.7 Å². The summed E-state index contributed by atoms with van der Waals surface area (Å²) in [5.41, 5.74) is 1.02. The second-order valence-corrected chi connectivity index (χ2v) is 5.49. The first-order valence-corrected chi connectivity index (χ1v) is 6.74. The van der Waals surface area contributed by atoms with Crippen LogP contribution in [0.5, 0.6) is 0 Å². The van der Waals surface area contributed by atoms with Gasteiger partial charge in [-0.05, 0) is 30.5 Å². The summed E-state index contributed by atoms with van der Waals surface area (Å²) in [7, 11) is 0. The molecule has 0 aliphatic carbocycles. The number of ketones is 1. The Morgan fingerprint density at radius 2 is 1.94 bits per heavy atom. The Hall–Kier alpha value is -1.22. The van der Waals surface area contributed by atoms with E-state index < -0.39 is 0 Å². The minimum absolute atomic E-state index is 0.175. The molecule has 2 aliphatic rings. The molecular weight excluding hydrogens is 229 g/mol. The Bertz CT molecular complexity index is 444. The fraction of sp³-hybridized carbons (Fsp3) is 0.533. The van der Waals surface area contributed by atoms with Gasteiger partial charge in [0.15, 0.2) is 0 Å². The first-order chi connectivity index (χ1) is 8.72. The number of halogens is 1. The van der Waals surface area contributed by atoms with Crippen molar-refractivity contribution in [3.8, 4) is 0 Å². The fourth-order valence-corrected chi connectivity index (χ4v) is 3.37. The predicted octanol–water partition coefficient (Wildman–Crippen LogP) is 2.91. The van der Waals surface area contributed by atoms with Crippen molar-refractivity contribution in [1.29, 1.82) is 0 Å². The topological polar surface area (TPSA) is 20.3 Å². The lowest BCUT2D eigenvalue weighted by Crippen LogP contribution is -2.51. The van der Waals surface area contributed by atoms with Crippen LogP contribution in [-0.4, -0.2) is 22.8 Å². The molecule has 3 rings (SSSR count). The van der Waals surface area contributed by atoms with Gasteiger partial charge in [0.05, 0.1) is 0 Å². The summed E-state index contributed by atoms with van der Waals surface area (Å²) >= 11 is 0. The maximum Gasteiger partial charge on any atom is 0.136 e. The van der Waals surface area contributed by atoms with Crippen LogP contribution in [0.25, 0.3) is 0 Å². The molecule has 2 bridgehead atoms. The monoisotopic (exact) mass is 247 g/mol. The van der Waals surface area contributed by atoms with E-state index in [9.17, 15) is 9.18 Å². The van der Waals surface area contributed by atoms with Crippen LogP contribution in [0.4, 0.5) is 4.39 Å². The van der Waals surface area contributed by atoms with E-state index in [1.807, 2.05) is 6.07 Å². The van der Waals surface area contributed by atoms with Crippen LogP contribution in [0.3, 0.4) is 0 Å². The van der Waals surface area contributed by atoms with Crippen LogP contribution < -0.4 is 0 Å². The van der Waals surface area contributed by atoms with Gasteiger partial charge < -0.3 is 0 Å². The summed E-state index contributed by atoms with van der Waals surface area (Å²) in [5, 5.41) is 0. The molecular formula is C15H18FNO. The third kappa shape index (κ3) is 2.32. The molecule has 2 saturated heterocycles. The Morgan fingerprint density at radius 3 is 2.61 bits per heavy atom. The van der Waals surface area contributed by atoms with E-state index in [1.54, 1.807) is 12.1 Å². The number of carbonyl (C=O) groups is 1. The van der Waals surface area contributed by atoms with Gasteiger partial charge in [0, 0.05) is 31.5 Å². The summed E-state index contributed by atoms with van der Waals surface area (Å²) in [6.07, 6.45) is 4.81. The first-order valence-electron chi connectivity index (χ1n) is 6.74. The molecule has 0 radical (unpaired) electrons. The molecule has 1 aromatic rings. The van der Waals surface area contributed by atoms with Crippen LogP contribution in [0.15, 0.2) is 24.3 Å². The third-order valence-electron chi connectivity index (χ3n) is 4.19. The quantitative estimate of drug-likeness (QED) is 0.801. The Balaban J connectivity index is 1.77. The molecule has 0 saturated carbocycles. The molecule has 0 N–H and O–H groups in total. The van der Waals surface area contributed by atoms with Crippen molar-refractivity contribution >= 4 is 5.78 Å². The van der Waals surface area contributed by atoms with E-state index in [4.69, 9.17) is 0 Å². The van der Waals surface area contributed by atoms with E-state index in [1.165, 1.54) is 12.5 Å². The summed E-state index contributed by atoms with van der Waals surface area (Å²) < 4.78 is 13.2. The lowest BCUT2D eigenvalue weighted by molar-refractivity contribution is -0.127. The standard InChI is InChI=1S/C15H18FNO/c16-12-4-1-3-11(7-12)10-17-13-5-2-6-14(17)9-15(18)8-13/h1,3-4,7,13-14H,2,5-6,8-10H2. The summed E-state index contributed by atoms with van der Waals surface area (Å²) in [6.45, 7) is 0.778. The molecule has 3 heteroatoms. The van der Waals surface area contributed by atoms with Gasteiger partial charge >= 0.3 is 0 Å². The molecule has 2 nitrogen and oxygen atoms in total. The van der Waals surface area contributed by atoms with Crippen LogP contribution in [0, 0.1) is 5.82 Å². The van der Waals surface area contributed by atoms with Crippen molar-refractivity contribution < 1.29 is 9.18 Å². The number of piperidine rings is 2. The van der Waals surface area contributed by atoms with Gasteiger partial charge in [-0.3, -0.25) is 9.69 Å². The zero-order valence-corrected chi connectivity index (χ0v) is 10.4. The van der Waals surface area contributed by atoms with E-state index in [2.05, 4.69) is 4.90 Å². The highest BCUT2D eigenvalue weighted by Gasteiger charge is 2.37. The number of hydrogen-bond acceptors (Lipinski definition) is 2. The van der Waals surface area contributed by atoms with Crippen molar-refractivity contribution in [2.75, 3.05) is 0 Å². The number of rotatable bonds is 2. The average molecular weight is 247 g/mol. The predicted molar refractivity (Wildman–Crippen MR) is 67.6 cm³/mol. The lowest BCUT2D eigenvalue weighted by Gasteiger charge is -2.45. The molecule has 96 valence electrons. The molecule has 18 heavy (non-hydrogen) atoms. The smallest absolute Gasteiger partial charge is 0.136 e. The molecule has 2 fully saturated rings. The maximum absolute atomic E-state index is 13.2. The highest BCUT2D eigenvalue weighted by molar-refractivity contribution is 5.80. The zero-order valence-electron chi connectivity index (χ0n) is 10.4. The van der Waals surface area contributed by atoms with Gasteiger partial charge in [-0.15, -0.1) is 0 Å². The Morgan fingerprint density at radius 1 is 1.22 bits per heavy atom. The Labute approximate surface area is 107 Å². The van der Waals surface area contributed by atoms with E-state index in [-0.39, 0.29) is 5.82 Å². The number of fused-ring (bicyclic) bond motifs is 2. The molecule has 0 amide bonds. The molecule has 1 aromatic carbocycles. The highest BCUT2D eigenvalue weighted by atomic mass is 19.1. The molecule has 0 spiro atoms. The summed E-state index contributed by atoms with van der Waals surface area (Å²) in [5.74, 6) is 0.228. The number of nitrogens with zero attached hydrogens (tertiary/aromatic N) is 1. The van der Waals surface area contributed by atoms with Gasteiger partial charge in [0.2, 0.25) is 0 Å². The summed E-state index contributed by atoms with van der Waals surface area (Å²) in [4.78, 5) is 14.1. The SMILES string of the molecule is O=C1CC2CCCC(C1)N2Cc1cccc(F)c1. The molecule has 2 aliphatic heterocycles. The zero-order chi connectivity index (χ0) is 12.5. The van der Waals surface area contributed by atoms with Gasteiger partial charge in [-0.2, -0.15) is 0 Å². The Kier molecular flexibility index (Phi) is 3.16. The largest absolute Gasteiger partial charge is 0.300 e. The van der Waals surface area contributed by atoms with Crippen molar-refractivity contribution in [3.63, 3.8) is 0 Å². The highest BCUT2D eigenvalue weighted by Crippen LogP contribution is 2.33. The van der Waals surface area contributed by atoms with Crippen LogP contribution in [-0.2, 0) is 11.3 Å². The van der Waals surface area contributed by atoms with Gasteiger partial charge in [-0.25, -0.2) is 4.39 Å². The van der Waals surface area contributed by atoms with Crippen molar-refractivity contribution in [2.24, 2.45) is 0 Å². The minimum Gasteiger partial charge on any atom is -0.300 e. The van der Waals surface area contributed by atoms with E-state index in [0.29, 0.717) is 30.7 Å². The minimum atomic E-state index is -0.175. The number of carbonyl (C=O) groups excluding carboxylic acids is 1. The normalized spacial score (nSPS) is 28.4. The number of hydrogen-bond donors (Lipinski definition) is 0. The molecule has 2 atom stereocenters. The van der Waals surface area contributed by atoms with Gasteiger partial charge in [-0.1, -0.05) is 18.6 Å². The molecule has 2 heterocycles. The van der Waals surface area contributed by atoms with Crippen LogP contribution in [0.2, 0.25) is 0 Å². The van der Waals surface area contributed by atoms with Crippen LogP contribution >= 0.6 is 0 Å². The molecule has 0 aromatic heterocycles. The van der Waals surface area contributed by atoms with E-state index >= 15 is 0 Å². The number of Topliss-reactive ketones (excluding diaryl/α,β-unsaturated/α-hetero) is 1. The lowest BCUT2D eigenvalue weighted by atomic mass is 9.83. The van der Waals surface area contributed by atoms with Crippen LogP contribution in [0.1, 0.15) is 37.7 Å². The second kappa shape index (κ2) is 4.81. The maximum atomic E-state index is 13.2. The fourth-order valence-electron chi connectivity index (χ4n) is 3.37. The molecule has 2 unspecified atom stereocenters. The summed E-state index contributed by atoms with van der Waals surface area (Å²) in [6, 6.07) is 7.57. The number of benzene rings is 1. The first kappa shape index (κ1) is 11.8. The third-order valence-corrected chi connectivity index (χ3v) is 4.19. The van der Waals surface area contributed by atoms with Gasteiger partial charge in [0.25, 0.3) is 0 Å². The van der Waals surface area contributed by atoms with Gasteiger partial charge in [0.1, 0.15) is 11.6 Å². The average Bonchev–Trinajstić information content (AvgIpc) is 2.30. The van der Waals surface area contributed by atoms with E-state index in [0.717, 1.165) is 24.9 Å². The second-order valence-electron chi connectivity index (χ2n) is 5.49.